The molecule has 60 valence electrons. The molecule has 0 aliphatic rings. The van der Waals surface area contributed by atoms with E-state index in [2.05, 4.69) is 0 Å². The van der Waals surface area contributed by atoms with Crippen LogP contribution in [-0.2, 0) is 15.2 Å². The molecule has 0 amide bonds. The topological polar surface area (TPSA) is 86.3 Å². The molecule has 0 aromatic heterocycles. The summed E-state index contributed by atoms with van der Waals surface area (Å²) < 4.78 is 32.1. The van der Waals surface area contributed by atoms with Gasteiger partial charge in [0.15, 0.2) is 0 Å². The van der Waals surface area contributed by atoms with Crippen molar-refractivity contribution >= 4 is 16.4 Å². The van der Waals surface area contributed by atoms with Crippen LogP contribution in [0.25, 0.3) is 0 Å². The molecule has 0 radical (unpaired) electrons. The molecule has 0 fully saturated rings. The number of halogens is 1. The minimum Gasteiger partial charge on any atom is -0.550 e. The highest BCUT2D eigenvalue weighted by atomic mass is 32.3. The molecule has 0 heterocycles. The lowest BCUT2D eigenvalue weighted by Crippen LogP contribution is -2.29. The first-order valence-corrected chi connectivity index (χ1v) is 3.69. The fourth-order valence-corrected chi connectivity index (χ4v) is 0.621. The third-order valence-corrected chi connectivity index (χ3v) is 1.15. The van der Waals surface area contributed by atoms with E-state index in [0.717, 1.165) is 0 Å². The van der Waals surface area contributed by atoms with Gasteiger partial charge in [0.05, 0.1) is 0 Å². The van der Waals surface area contributed by atoms with Crippen LogP contribution in [0, 0.1) is 0 Å². The maximum atomic E-state index is 11.5. The van der Waals surface area contributed by atoms with Gasteiger partial charge < -0.3 is 9.90 Å². The number of aliphatic carboxylic acids is 1. The molecule has 7 heteroatoms. The summed E-state index contributed by atoms with van der Waals surface area (Å²) >= 11 is 0. The zero-order valence-electron chi connectivity index (χ0n) is 4.83. The molecule has 0 bridgehead atoms. The maximum absolute atomic E-state index is 11.5. The number of carboxylic acids is 1. The van der Waals surface area contributed by atoms with E-state index in [1.165, 1.54) is 4.72 Å². The first-order chi connectivity index (χ1) is 4.42. The van der Waals surface area contributed by atoms with Gasteiger partial charge in [0.2, 0.25) is 0 Å². The van der Waals surface area contributed by atoms with Crippen LogP contribution in [0.5, 0.6) is 0 Å². The van der Waals surface area contributed by atoms with Crippen LogP contribution >= 0.6 is 0 Å². The zero-order valence-corrected chi connectivity index (χ0v) is 5.65. The molecule has 0 rings (SSSR count). The second kappa shape index (κ2) is 3.47. The lowest BCUT2D eigenvalue weighted by Gasteiger charge is -1.99. The average Bonchev–Trinajstić information content (AvgIpc) is 1.59. The smallest absolute Gasteiger partial charge is 0.372 e. The second-order valence-electron chi connectivity index (χ2n) is 1.45. The summed E-state index contributed by atoms with van der Waals surface area (Å²) in [7, 11) is -4.76. The summed E-state index contributed by atoms with van der Waals surface area (Å²) in [5, 5.41) is 9.62. The molecule has 0 saturated carbocycles. The summed E-state index contributed by atoms with van der Waals surface area (Å²) in [5.74, 6) is -1.43. The molecule has 0 spiro atoms. The van der Waals surface area contributed by atoms with Gasteiger partial charge in [0.25, 0.3) is 0 Å². The molecule has 0 saturated heterocycles. The van der Waals surface area contributed by atoms with E-state index in [4.69, 9.17) is 0 Å². The van der Waals surface area contributed by atoms with Crippen molar-refractivity contribution in [2.45, 2.75) is 6.42 Å². The largest absolute Gasteiger partial charge is 0.550 e. The standard InChI is InChI=1S/C3H6FNO4S/c4-10(8,9)5-2-1-3(6)7/h5H,1-2H2,(H,6,7)/p-1. The molecule has 10 heavy (non-hydrogen) atoms. The van der Waals surface area contributed by atoms with Gasteiger partial charge in [-0.25, -0.2) is 0 Å². The van der Waals surface area contributed by atoms with Gasteiger partial charge in [-0.1, -0.05) is 3.89 Å². The zero-order chi connectivity index (χ0) is 8.20. The Hall–Kier alpha value is -0.690. The van der Waals surface area contributed by atoms with Crippen molar-refractivity contribution in [3.63, 3.8) is 0 Å². The average molecular weight is 170 g/mol. The van der Waals surface area contributed by atoms with Crippen LogP contribution in [0.2, 0.25) is 0 Å². The van der Waals surface area contributed by atoms with E-state index >= 15 is 0 Å². The summed E-state index contributed by atoms with van der Waals surface area (Å²) in [5.41, 5.74) is 0. The lowest BCUT2D eigenvalue weighted by atomic mass is 10.5. The van der Waals surface area contributed by atoms with E-state index in [0.29, 0.717) is 0 Å². The molecular formula is C3H5FNO4S-. The van der Waals surface area contributed by atoms with E-state index in [9.17, 15) is 22.2 Å². The maximum Gasteiger partial charge on any atom is 0.372 e. The Kier molecular flexibility index (Phi) is 3.23. The number of carbonyl (C=O) groups is 1. The Bertz CT molecular complexity index is 211. The summed E-state index contributed by atoms with van der Waals surface area (Å²) in [6.45, 7) is -0.485. The van der Waals surface area contributed by atoms with Crippen molar-refractivity contribution in [2.24, 2.45) is 0 Å². The van der Waals surface area contributed by atoms with Crippen LogP contribution in [0.1, 0.15) is 6.42 Å². The molecule has 0 unspecified atom stereocenters. The minimum absolute atomic E-state index is 0.485. The van der Waals surface area contributed by atoms with Crippen LogP contribution in [0.4, 0.5) is 3.89 Å². The molecule has 0 aromatic rings. The highest BCUT2D eigenvalue weighted by molar-refractivity contribution is 7.84. The van der Waals surface area contributed by atoms with Crippen molar-refractivity contribution in [3.05, 3.63) is 0 Å². The fraction of sp³-hybridized carbons (Fsp3) is 0.667. The van der Waals surface area contributed by atoms with Gasteiger partial charge in [-0.15, -0.1) is 0 Å². The van der Waals surface area contributed by atoms with Crippen LogP contribution in [0.15, 0.2) is 0 Å². The molecule has 1 N–H and O–H groups in total. The Morgan fingerprint density at radius 2 is 2.10 bits per heavy atom. The van der Waals surface area contributed by atoms with E-state index in [1.54, 1.807) is 0 Å². The van der Waals surface area contributed by atoms with Gasteiger partial charge in [-0.2, -0.15) is 13.1 Å². The van der Waals surface area contributed by atoms with Crippen molar-refractivity contribution < 1.29 is 22.2 Å². The minimum atomic E-state index is -4.76. The third-order valence-electron chi connectivity index (χ3n) is 0.604. The molecule has 0 atom stereocenters. The SMILES string of the molecule is O=C([O-])CCNS(=O)(=O)F. The van der Waals surface area contributed by atoms with Gasteiger partial charge in [0.1, 0.15) is 0 Å². The van der Waals surface area contributed by atoms with Crippen molar-refractivity contribution in [2.75, 3.05) is 6.54 Å². The number of hydrogen-bond acceptors (Lipinski definition) is 4. The van der Waals surface area contributed by atoms with E-state index in [1.807, 2.05) is 0 Å². The van der Waals surface area contributed by atoms with E-state index in [-0.39, 0.29) is 0 Å². The highest BCUT2D eigenvalue weighted by Gasteiger charge is 2.02. The monoisotopic (exact) mass is 170 g/mol. The van der Waals surface area contributed by atoms with Crippen LogP contribution < -0.4 is 9.83 Å². The fourth-order valence-electron chi connectivity index (χ4n) is 0.275. The molecule has 0 aliphatic carbocycles. The van der Waals surface area contributed by atoms with Gasteiger partial charge in [-0.3, -0.25) is 0 Å². The predicted molar refractivity (Wildman–Crippen MR) is 27.7 cm³/mol. The highest BCUT2D eigenvalue weighted by Crippen LogP contribution is 1.82. The number of hydrogen-bond donors (Lipinski definition) is 1. The second-order valence-corrected chi connectivity index (χ2v) is 2.62. The molecular weight excluding hydrogens is 165 g/mol. The van der Waals surface area contributed by atoms with Crippen LogP contribution in [0.3, 0.4) is 0 Å². The van der Waals surface area contributed by atoms with Crippen molar-refractivity contribution in [3.8, 4) is 0 Å². The van der Waals surface area contributed by atoms with E-state index < -0.39 is 29.3 Å². The molecule has 0 aliphatic heterocycles. The number of carboxylic acid groups (broad SMARTS) is 1. The van der Waals surface area contributed by atoms with Crippen molar-refractivity contribution in [1.29, 1.82) is 0 Å². The summed E-state index contributed by atoms with van der Waals surface area (Å²) in [4.78, 5) is 9.62. The van der Waals surface area contributed by atoms with Crippen LogP contribution in [-0.4, -0.2) is 20.9 Å². The Morgan fingerprint density at radius 1 is 1.60 bits per heavy atom. The normalized spacial score (nSPS) is 11.3. The first-order valence-electron chi connectivity index (χ1n) is 2.31. The quantitative estimate of drug-likeness (QED) is 0.491. The molecule has 5 nitrogen and oxygen atoms in total. The lowest BCUT2D eigenvalue weighted by molar-refractivity contribution is -0.305. The Morgan fingerprint density at radius 3 is 2.40 bits per heavy atom. The van der Waals surface area contributed by atoms with Gasteiger partial charge in [0, 0.05) is 18.9 Å². The first kappa shape index (κ1) is 9.31. The van der Waals surface area contributed by atoms with Gasteiger partial charge >= 0.3 is 10.4 Å². The summed E-state index contributed by atoms with van der Waals surface area (Å²) in [6, 6.07) is 0. The van der Waals surface area contributed by atoms with Gasteiger partial charge in [-0.05, 0) is 0 Å². The third kappa shape index (κ3) is 7.31. The number of rotatable bonds is 4. The Labute approximate surface area is 57.2 Å². The predicted octanol–water partition coefficient (Wildman–Crippen LogP) is -2.07. The Balaban J connectivity index is 3.49. The number of carbonyl (C=O) groups excluding carboxylic acids is 1. The number of nitrogens with one attached hydrogen (secondary N) is 1. The van der Waals surface area contributed by atoms with Crippen molar-refractivity contribution in [1.82, 2.24) is 4.72 Å². The summed E-state index contributed by atoms with van der Waals surface area (Å²) in [6.07, 6.45) is -0.539. The molecule has 0 aromatic carbocycles.